The summed E-state index contributed by atoms with van der Waals surface area (Å²) in [5.41, 5.74) is 0. The number of alkyl halides is 1. The number of carbonyl (C=O) groups excluding carboxylic acids is 1. The zero-order chi connectivity index (χ0) is 10.3. The molecule has 3 rings (SSSR count). The highest BCUT2D eigenvalue weighted by Gasteiger charge is 2.54. The van der Waals surface area contributed by atoms with Crippen molar-refractivity contribution in [2.24, 2.45) is 0 Å². The van der Waals surface area contributed by atoms with Gasteiger partial charge in [0.05, 0.1) is 6.10 Å². The second kappa shape index (κ2) is 3.61. The van der Waals surface area contributed by atoms with Crippen LogP contribution in [0.4, 0.5) is 0 Å². The van der Waals surface area contributed by atoms with Gasteiger partial charge in [0.1, 0.15) is 6.10 Å². The Hall–Kier alpha value is 0.130. The van der Waals surface area contributed by atoms with Crippen LogP contribution in [0.5, 0.6) is 0 Å². The average Bonchev–Trinajstić information content (AvgIpc) is 2.11. The molecule has 0 aromatic carbocycles. The van der Waals surface area contributed by atoms with Gasteiger partial charge < -0.3 is 9.47 Å². The predicted molar refractivity (Wildman–Crippen MR) is 58.6 cm³/mol. The summed E-state index contributed by atoms with van der Waals surface area (Å²) in [4.78, 5) is 11.6. The molecule has 1 saturated heterocycles. The van der Waals surface area contributed by atoms with Crippen LogP contribution < -0.4 is 0 Å². The summed E-state index contributed by atoms with van der Waals surface area (Å²) in [6, 6.07) is 0. The maximum absolute atomic E-state index is 11.6. The van der Waals surface area contributed by atoms with E-state index in [4.69, 9.17) is 9.47 Å². The van der Waals surface area contributed by atoms with E-state index in [0.717, 1.165) is 4.48 Å². The van der Waals surface area contributed by atoms with Crippen LogP contribution in [0.3, 0.4) is 0 Å². The van der Waals surface area contributed by atoms with Crippen molar-refractivity contribution in [1.82, 2.24) is 0 Å². The van der Waals surface area contributed by atoms with Gasteiger partial charge in [0.15, 0.2) is 4.32 Å². The molecule has 2 heterocycles. The summed E-state index contributed by atoms with van der Waals surface area (Å²) in [5.74, 6) is -0.254. The molecule has 1 aliphatic carbocycles. The van der Waals surface area contributed by atoms with E-state index in [9.17, 15) is 4.79 Å². The van der Waals surface area contributed by atoms with E-state index < -0.39 is 4.32 Å². The molecule has 3 nitrogen and oxygen atoms in total. The lowest BCUT2D eigenvalue weighted by atomic mass is 9.87. The highest BCUT2D eigenvalue weighted by atomic mass is 79.9. The zero-order valence-electron chi connectivity index (χ0n) is 7.63. The van der Waals surface area contributed by atoms with Gasteiger partial charge in [-0.3, -0.25) is 4.79 Å². The molecule has 5 heteroatoms. The van der Waals surface area contributed by atoms with Crippen molar-refractivity contribution in [3.8, 4) is 0 Å². The smallest absolute Gasteiger partial charge is 0.330 e. The van der Waals surface area contributed by atoms with Gasteiger partial charge in [-0.15, -0.1) is 0 Å². The van der Waals surface area contributed by atoms with E-state index in [-0.39, 0.29) is 18.2 Å². The van der Waals surface area contributed by atoms with Crippen molar-refractivity contribution >= 4 is 37.8 Å². The average molecular weight is 326 g/mol. The maximum atomic E-state index is 11.6. The van der Waals surface area contributed by atoms with Crippen LogP contribution >= 0.6 is 31.9 Å². The van der Waals surface area contributed by atoms with E-state index in [0.29, 0.717) is 13.0 Å². The molecular formula is C9H10Br2O3. The Morgan fingerprint density at radius 1 is 1.79 bits per heavy atom. The number of fused-ring (bicyclic) bond motifs is 2. The SMILES string of the molecule is CCOC1CC2OC(=O)C1(Br)C=C2Br. The number of carbonyl (C=O) groups is 1. The lowest BCUT2D eigenvalue weighted by Crippen LogP contribution is -2.56. The van der Waals surface area contributed by atoms with Gasteiger partial charge in [0.2, 0.25) is 0 Å². The van der Waals surface area contributed by atoms with Crippen molar-refractivity contribution in [3.05, 3.63) is 10.6 Å². The fourth-order valence-electron chi connectivity index (χ4n) is 1.77. The molecule has 2 aliphatic heterocycles. The van der Waals surface area contributed by atoms with E-state index >= 15 is 0 Å². The Balaban J connectivity index is 2.32. The third-order valence-corrected chi connectivity index (χ3v) is 4.29. The summed E-state index contributed by atoms with van der Waals surface area (Å²) in [6.07, 6.45) is 2.26. The van der Waals surface area contributed by atoms with Crippen molar-refractivity contribution in [1.29, 1.82) is 0 Å². The molecule has 1 fully saturated rings. The molecule has 3 unspecified atom stereocenters. The molecule has 0 aromatic heterocycles. The summed E-state index contributed by atoms with van der Waals surface area (Å²) in [6.45, 7) is 2.52. The van der Waals surface area contributed by atoms with Crippen LogP contribution in [-0.4, -0.2) is 29.1 Å². The van der Waals surface area contributed by atoms with E-state index in [1.165, 1.54) is 0 Å². The predicted octanol–water partition coefficient (Wildman–Crippen LogP) is 2.13. The molecule has 3 atom stereocenters. The first-order valence-corrected chi connectivity index (χ1v) is 6.06. The largest absolute Gasteiger partial charge is 0.455 e. The van der Waals surface area contributed by atoms with Crippen molar-refractivity contribution in [2.75, 3.05) is 6.61 Å². The molecule has 0 radical (unpaired) electrons. The van der Waals surface area contributed by atoms with Gasteiger partial charge in [-0.2, -0.15) is 0 Å². The van der Waals surface area contributed by atoms with Gasteiger partial charge in [-0.25, -0.2) is 0 Å². The summed E-state index contributed by atoms with van der Waals surface area (Å²) >= 11 is 6.78. The third kappa shape index (κ3) is 1.46. The lowest BCUT2D eigenvalue weighted by Gasteiger charge is -2.43. The number of hydrogen-bond donors (Lipinski definition) is 0. The van der Waals surface area contributed by atoms with Gasteiger partial charge in [-0.05, 0) is 13.0 Å². The number of halogens is 2. The quantitative estimate of drug-likeness (QED) is 0.576. The Labute approximate surface area is 99.1 Å². The summed E-state index contributed by atoms with van der Waals surface area (Å²) < 4.78 is 10.8. The van der Waals surface area contributed by atoms with E-state index in [1.807, 2.05) is 13.0 Å². The van der Waals surface area contributed by atoms with Crippen LogP contribution in [0.25, 0.3) is 0 Å². The first-order chi connectivity index (χ1) is 6.58. The number of ether oxygens (including phenoxy) is 2. The minimum absolute atomic E-state index is 0.125. The standard InChI is InChI=1S/C9H10Br2O3/c1-2-13-7-3-6-5(10)4-9(7,11)8(12)14-6/h4,6-7H,2-3H2,1H3. The van der Waals surface area contributed by atoms with Crippen molar-refractivity contribution in [3.63, 3.8) is 0 Å². The number of esters is 1. The van der Waals surface area contributed by atoms with Crippen LogP contribution in [0.2, 0.25) is 0 Å². The van der Waals surface area contributed by atoms with Gasteiger partial charge in [0, 0.05) is 17.5 Å². The van der Waals surface area contributed by atoms with E-state index in [1.54, 1.807) is 0 Å². The highest BCUT2D eigenvalue weighted by molar-refractivity contribution is 9.12. The molecule has 3 aliphatic rings. The van der Waals surface area contributed by atoms with Crippen molar-refractivity contribution < 1.29 is 14.3 Å². The number of hydrogen-bond acceptors (Lipinski definition) is 3. The van der Waals surface area contributed by atoms with Gasteiger partial charge in [0.25, 0.3) is 0 Å². The minimum atomic E-state index is -0.795. The van der Waals surface area contributed by atoms with Crippen LogP contribution in [0.1, 0.15) is 13.3 Å². The van der Waals surface area contributed by atoms with Crippen molar-refractivity contribution in [2.45, 2.75) is 29.9 Å². The normalized spacial score (nSPS) is 40.8. The van der Waals surface area contributed by atoms with Gasteiger partial charge in [-0.1, -0.05) is 31.9 Å². The Kier molecular flexibility index (Phi) is 2.74. The summed E-state index contributed by atoms with van der Waals surface area (Å²) in [5, 5.41) is 0. The second-order valence-electron chi connectivity index (χ2n) is 3.37. The third-order valence-electron chi connectivity index (χ3n) is 2.48. The van der Waals surface area contributed by atoms with Crippen LogP contribution in [0.15, 0.2) is 10.6 Å². The molecule has 0 spiro atoms. The Bertz CT molecular complexity index is 302. The molecule has 0 amide bonds. The summed E-state index contributed by atoms with van der Waals surface area (Å²) in [7, 11) is 0. The molecule has 78 valence electrons. The molecular weight excluding hydrogens is 316 g/mol. The van der Waals surface area contributed by atoms with Crippen LogP contribution in [0, 0.1) is 0 Å². The van der Waals surface area contributed by atoms with E-state index in [2.05, 4.69) is 31.9 Å². The zero-order valence-corrected chi connectivity index (χ0v) is 10.8. The van der Waals surface area contributed by atoms with Crippen LogP contribution in [-0.2, 0) is 14.3 Å². The highest BCUT2D eigenvalue weighted by Crippen LogP contribution is 2.45. The Morgan fingerprint density at radius 2 is 2.50 bits per heavy atom. The topological polar surface area (TPSA) is 35.5 Å². The Morgan fingerprint density at radius 3 is 3.14 bits per heavy atom. The molecule has 2 bridgehead atoms. The monoisotopic (exact) mass is 324 g/mol. The first kappa shape index (κ1) is 10.6. The molecule has 0 saturated carbocycles. The number of rotatable bonds is 2. The fraction of sp³-hybridized carbons (Fsp3) is 0.667. The van der Waals surface area contributed by atoms with Gasteiger partial charge >= 0.3 is 5.97 Å². The molecule has 0 aromatic rings. The molecule has 0 N–H and O–H groups in total. The first-order valence-electron chi connectivity index (χ1n) is 4.47. The maximum Gasteiger partial charge on any atom is 0.330 e. The molecule has 14 heavy (non-hydrogen) atoms. The fourth-order valence-corrected chi connectivity index (χ4v) is 3.38. The second-order valence-corrected chi connectivity index (χ2v) is 5.60. The minimum Gasteiger partial charge on any atom is -0.455 e. The lowest BCUT2D eigenvalue weighted by molar-refractivity contribution is -0.164.